The van der Waals surface area contributed by atoms with Crippen molar-refractivity contribution in [2.24, 2.45) is 11.7 Å². The lowest BCUT2D eigenvalue weighted by Gasteiger charge is -2.09. The van der Waals surface area contributed by atoms with Crippen LogP contribution in [0.25, 0.3) is 12.3 Å². The van der Waals surface area contributed by atoms with Crippen LogP contribution in [0.3, 0.4) is 0 Å². The molecule has 1 heterocycles. The lowest BCUT2D eigenvalue weighted by molar-refractivity contribution is -0.140. The standard InChI is InChI=1S/C18H21N3O2/c19-9-4-7-15-11-18(15,17(22)23)16-12-21(13-20-16)10-8-14-5-2-1-3-6-14/h1-3,5-6,8,10,12-13,15H,4,7,9,11,19H2,(H,22,23)/b10-8+/t15-,18+/m0/s1. The Morgan fingerprint density at radius 1 is 1.43 bits per heavy atom. The highest BCUT2D eigenvalue weighted by Gasteiger charge is 2.62. The molecule has 23 heavy (non-hydrogen) atoms. The van der Waals surface area contributed by atoms with Crippen LogP contribution in [0.5, 0.6) is 0 Å². The van der Waals surface area contributed by atoms with E-state index in [1.165, 1.54) is 0 Å². The summed E-state index contributed by atoms with van der Waals surface area (Å²) < 4.78 is 1.81. The molecule has 3 N–H and O–H groups in total. The molecule has 120 valence electrons. The molecule has 1 saturated carbocycles. The molecule has 1 aliphatic rings. The highest BCUT2D eigenvalue weighted by Crippen LogP contribution is 2.56. The van der Waals surface area contributed by atoms with Crippen LogP contribution < -0.4 is 5.73 Å². The van der Waals surface area contributed by atoms with E-state index in [2.05, 4.69) is 4.98 Å². The van der Waals surface area contributed by atoms with Gasteiger partial charge >= 0.3 is 5.97 Å². The van der Waals surface area contributed by atoms with Gasteiger partial charge in [-0.15, -0.1) is 0 Å². The number of hydrogen-bond acceptors (Lipinski definition) is 3. The maximum Gasteiger partial charge on any atom is 0.316 e. The second-order valence-corrected chi connectivity index (χ2v) is 6.04. The molecule has 0 saturated heterocycles. The van der Waals surface area contributed by atoms with Crippen molar-refractivity contribution in [1.82, 2.24) is 9.55 Å². The van der Waals surface area contributed by atoms with Crippen molar-refractivity contribution < 1.29 is 9.90 Å². The number of hydrogen-bond donors (Lipinski definition) is 2. The minimum atomic E-state index is -0.818. The van der Waals surface area contributed by atoms with Crippen LogP contribution in [-0.2, 0) is 10.2 Å². The zero-order valence-electron chi connectivity index (χ0n) is 12.9. The smallest absolute Gasteiger partial charge is 0.316 e. The highest BCUT2D eigenvalue weighted by molar-refractivity contribution is 5.85. The Kier molecular flexibility index (Phi) is 4.30. The topological polar surface area (TPSA) is 81.1 Å². The van der Waals surface area contributed by atoms with Gasteiger partial charge in [0, 0.05) is 12.4 Å². The minimum absolute atomic E-state index is 0.144. The van der Waals surface area contributed by atoms with Gasteiger partial charge in [-0.1, -0.05) is 30.3 Å². The van der Waals surface area contributed by atoms with Crippen molar-refractivity contribution in [2.45, 2.75) is 24.7 Å². The second kappa shape index (κ2) is 6.38. The quantitative estimate of drug-likeness (QED) is 0.823. The van der Waals surface area contributed by atoms with Crippen molar-refractivity contribution >= 4 is 18.2 Å². The Balaban J connectivity index is 1.76. The van der Waals surface area contributed by atoms with Gasteiger partial charge in [0.25, 0.3) is 0 Å². The third-order valence-corrected chi connectivity index (χ3v) is 4.54. The summed E-state index contributed by atoms with van der Waals surface area (Å²) in [7, 11) is 0. The number of carbonyl (C=O) groups is 1. The first-order chi connectivity index (χ1) is 11.2. The molecular formula is C18H21N3O2. The van der Waals surface area contributed by atoms with Gasteiger partial charge < -0.3 is 15.4 Å². The first-order valence-corrected chi connectivity index (χ1v) is 7.87. The van der Waals surface area contributed by atoms with Gasteiger partial charge in [0.1, 0.15) is 5.41 Å². The molecular weight excluding hydrogens is 290 g/mol. The van der Waals surface area contributed by atoms with E-state index in [-0.39, 0.29) is 5.92 Å². The fourth-order valence-electron chi connectivity index (χ4n) is 3.11. The van der Waals surface area contributed by atoms with E-state index in [4.69, 9.17) is 5.73 Å². The molecule has 0 radical (unpaired) electrons. The SMILES string of the molecule is NCCC[C@H]1C[C@]1(C(=O)O)c1cn(/C=C/c2ccccc2)cn1. The highest BCUT2D eigenvalue weighted by atomic mass is 16.4. The van der Waals surface area contributed by atoms with E-state index in [1.807, 2.05) is 53.4 Å². The molecule has 0 unspecified atom stereocenters. The number of carboxylic acids is 1. The number of benzene rings is 1. The number of aromatic nitrogens is 2. The summed E-state index contributed by atoms with van der Waals surface area (Å²) >= 11 is 0. The van der Waals surface area contributed by atoms with Crippen molar-refractivity contribution in [3.63, 3.8) is 0 Å². The molecule has 0 amide bonds. The average Bonchev–Trinajstić information content (AvgIpc) is 3.12. The van der Waals surface area contributed by atoms with Crippen LogP contribution in [0, 0.1) is 5.92 Å². The third-order valence-electron chi connectivity index (χ3n) is 4.54. The first kappa shape index (κ1) is 15.5. The summed E-state index contributed by atoms with van der Waals surface area (Å²) in [6.07, 6.45) is 9.69. The maximum atomic E-state index is 11.7. The number of nitrogens with two attached hydrogens (primary N) is 1. The van der Waals surface area contributed by atoms with E-state index in [0.29, 0.717) is 18.7 Å². The van der Waals surface area contributed by atoms with Crippen LogP contribution in [0.2, 0.25) is 0 Å². The zero-order chi connectivity index (χ0) is 16.3. The van der Waals surface area contributed by atoms with Crippen LogP contribution in [0.1, 0.15) is 30.5 Å². The molecule has 0 bridgehead atoms. The molecule has 0 aliphatic heterocycles. The van der Waals surface area contributed by atoms with Crippen LogP contribution in [0.4, 0.5) is 0 Å². The largest absolute Gasteiger partial charge is 0.481 e. The van der Waals surface area contributed by atoms with Gasteiger partial charge in [0.15, 0.2) is 0 Å². The molecule has 2 aromatic rings. The summed E-state index contributed by atoms with van der Waals surface area (Å²) in [6.45, 7) is 0.598. The molecule has 5 heteroatoms. The molecule has 1 aromatic carbocycles. The molecule has 5 nitrogen and oxygen atoms in total. The lowest BCUT2D eigenvalue weighted by atomic mass is 9.98. The second-order valence-electron chi connectivity index (χ2n) is 6.04. The molecule has 1 fully saturated rings. The minimum Gasteiger partial charge on any atom is -0.481 e. The van der Waals surface area contributed by atoms with Gasteiger partial charge in [0.05, 0.1) is 12.0 Å². The van der Waals surface area contributed by atoms with E-state index < -0.39 is 11.4 Å². The predicted octanol–water partition coefficient (Wildman–Crippen LogP) is 2.59. The fourth-order valence-corrected chi connectivity index (χ4v) is 3.11. The number of aliphatic carboxylic acids is 1. The fraction of sp³-hybridized carbons (Fsp3) is 0.333. The number of carboxylic acid groups (broad SMARTS) is 1. The van der Waals surface area contributed by atoms with E-state index in [0.717, 1.165) is 18.4 Å². The lowest BCUT2D eigenvalue weighted by Crippen LogP contribution is -2.23. The summed E-state index contributed by atoms with van der Waals surface area (Å²) in [5.74, 6) is -0.637. The van der Waals surface area contributed by atoms with Crippen LogP contribution in [-0.4, -0.2) is 27.2 Å². The Bertz CT molecular complexity index is 708. The molecule has 1 aliphatic carbocycles. The number of imidazole rings is 1. The van der Waals surface area contributed by atoms with Gasteiger partial charge in [0.2, 0.25) is 0 Å². The summed E-state index contributed by atoms with van der Waals surface area (Å²) in [5.41, 5.74) is 6.44. The Morgan fingerprint density at radius 2 is 2.22 bits per heavy atom. The van der Waals surface area contributed by atoms with E-state index in [9.17, 15) is 9.90 Å². The number of rotatable bonds is 7. The van der Waals surface area contributed by atoms with E-state index >= 15 is 0 Å². The van der Waals surface area contributed by atoms with Crippen molar-refractivity contribution in [2.75, 3.05) is 6.54 Å². The normalized spacial score (nSPS) is 23.3. The summed E-state index contributed by atoms with van der Waals surface area (Å²) in [5, 5.41) is 9.65. The van der Waals surface area contributed by atoms with Crippen molar-refractivity contribution in [3.05, 3.63) is 54.1 Å². The van der Waals surface area contributed by atoms with Gasteiger partial charge in [-0.05, 0) is 43.4 Å². The maximum absolute atomic E-state index is 11.7. The molecule has 0 spiro atoms. The van der Waals surface area contributed by atoms with Gasteiger partial charge in [-0.25, -0.2) is 4.98 Å². The number of nitrogens with zero attached hydrogens (tertiary/aromatic N) is 2. The van der Waals surface area contributed by atoms with Gasteiger partial charge in [-0.2, -0.15) is 0 Å². The average molecular weight is 311 g/mol. The van der Waals surface area contributed by atoms with E-state index in [1.54, 1.807) is 6.33 Å². The molecule has 2 atom stereocenters. The monoisotopic (exact) mass is 311 g/mol. The van der Waals surface area contributed by atoms with Gasteiger partial charge in [-0.3, -0.25) is 4.79 Å². The van der Waals surface area contributed by atoms with Crippen LogP contribution in [0.15, 0.2) is 42.9 Å². The third kappa shape index (κ3) is 3.05. The van der Waals surface area contributed by atoms with Crippen molar-refractivity contribution in [3.8, 4) is 0 Å². The molecule has 1 aromatic heterocycles. The summed E-state index contributed by atoms with van der Waals surface area (Å²) in [4.78, 5) is 16.1. The predicted molar refractivity (Wildman–Crippen MR) is 89.6 cm³/mol. The Hall–Kier alpha value is -2.40. The summed E-state index contributed by atoms with van der Waals surface area (Å²) in [6, 6.07) is 9.95. The Morgan fingerprint density at radius 3 is 2.91 bits per heavy atom. The molecule has 3 rings (SSSR count). The zero-order valence-corrected chi connectivity index (χ0v) is 12.9. The van der Waals surface area contributed by atoms with Crippen molar-refractivity contribution in [1.29, 1.82) is 0 Å². The van der Waals surface area contributed by atoms with Crippen LogP contribution >= 0.6 is 0 Å². The Labute approximate surface area is 135 Å². The first-order valence-electron chi connectivity index (χ1n) is 7.87.